The Balaban J connectivity index is 1.50. The number of halogens is 4. The largest absolute Gasteiger partial charge is 0.486 e. The van der Waals surface area contributed by atoms with Gasteiger partial charge in [0, 0.05) is 15.6 Å². The molecule has 0 atom stereocenters. The van der Waals surface area contributed by atoms with Gasteiger partial charge in [-0.25, -0.2) is 4.79 Å². The predicted octanol–water partition coefficient (Wildman–Crippen LogP) is 7.08. The van der Waals surface area contributed by atoms with Crippen LogP contribution in [0.1, 0.15) is 16.7 Å². The molecule has 0 aromatic heterocycles. The third-order valence-electron chi connectivity index (χ3n) is 4.86. The SMILES string of the molecule is O=C1N/C(=C/c2cc(Cl)c(OCc3ccc(Cl)cc3Cl)c(Br)c2)C(=O)N1Cc1ccccc1. The van der Waals surface area contributed by atoms with E-state index in [2.05, 4.69) is 21.2 Å². The summed E-state index contributed by atoms with van der Waals surface area (Å²) in [4.78, 5) is 26.2. The first kappa shape index (κ1) is 23.6. The lowest BCUT2D eigenvalue weighted by molar-refractivity contribution is -0.123. The summed E-state index contributed by atoms with van der Waals surface area (Å²) >= 11 is 22.0. The number of hydrogen-bond donors (Lipinski definition) is 1. The molecule has 0 unspecified atom stereocenters. The first-order valence-electron chi connectivity index (χ1n) is 9.76. The number of nitrogens with one attached hydrogen (secondary N) is 1. The highest BCUT2D eigenvalue weighted by atomic mass is 79.9. The topological polar surface area (TPSA) is 58.6 Å². The Hall–Kier alpha value is -2.51. The van der Waals surface area contributed by atoms with Crippen LogP contribution in [0.15, 0.2) is 70.8 Å². The number of carbonyl (C=O) groups is 2. The highest BCUT2D eigenvalue weighted by molar-refractivity contribution is 9.10. The molecule has 33 heavy (non-hydrogen) atoms. The molecule has 0 saturated carbocycles. The van der Waals surface area contributed by atoms with E-state index in [0.29, 0.717) is 30.9 Å². The number of imide groups is 1. The molecule has 1 saturated heterocycles. The molecule has 0 radical (unpaired) electrons. The summed E-state index contributed by atoms with van der Waals surface area (Å²) in [6.45, 7) is 0.380. The van der Waals surface area contributed by atoms with Crippen LogP contribution in [0, 0.1) is 0 Å². The van der Waals surface area contributed by atoms with Crippen LogP contribution in [0.25, 0.3) is 6.08 Å². The fraction of sp³-hybridized carbons (Fsp3) is 0.0833. The lowest BCUT2D eigenvalue weighted by Crippen LogP contribution is -2.30. The van der Waals surface area contributed by atoms with Crippen LogP contribution in [-0.2, 0) is 17.9 Å². The molecule has 1 aliphatic rings. The fourth-order valence-corrected chi connectivity index (χ4v) is 4.69. The van der Waals surface area contributed by atoms with E-state index >= 15 is 0 Å². The maximum Gasteiger partial charge on any atom is 0.329 e. The van der Waals surface area contributed by atoms with Crippen LogP contribution in [0.2, 0.25) is 15.1 Å². The number of ether oxygens (including phenoxy) is 1. The fourth-order valence-electron chi connectivity index (χ4n) is 3.24. The summed E-state index contributed by atoms with van der Waals surface area (Å²) < 4.78 is 6.44. The third-order valence-corrected chi connectivity index (χ3v) is 6.32. The minimum absolute atomic E-state index is 0.167. The number of nitrogens with zero attached hydrogens (tertiary/aromatic N) is 1. The lowest BCUT2D eigenvalue weighted by Gasteiger charge is -2.12. The Bertz CT molecular complexity index is 1240. The molecule has 3 aromatic rings. The number of rotatable bonds is 6. The molecule has 3 aromatic carbocycles. The molecule has 9 heteroatoms. The maximum absolute atomic E-state index is 12.8. The van der Waals surface area contributed by atoms with Crippen LogP contribution < -0.4 is 10.1 Å². The second-order valence-corrected chi connectivity index (χ2v) is 9.31. The van der Waals surface area contributed by atoms with Crippen molar-refractivity contribution in [3.63, 3.8) is 0 Å². The molecule has 4 rings (SSSR count). The normalized spacial score (nSPS) is 14.7. The van der Waals surface area contributed by atoms with Gasteiger partial charge in [0.1, 0.15) is 12.3 Å². The number of amides is 3. The third kappa shape index (κ3) is 5.53. The van der Waals surface area contributed by atoms with Crippen molar-refractivity contribution in [3.8, 4) is 5.75 Å². The van der Waals surface area contributed by atoms with Crippen LogP contribution >= 0.6 is 50.7 Å². The van der Waals surface area contributed by atoms with E-state index in [-0.39, 0.29) is 18.8 Å². The number of carbonyl (C=O) groups excluding carboxylic acids is 2. The average Bonchev–Trinajstić information content (AvgIpc) is 3.02. The van der Waals surface area contributed by atoms with Crippen LogP contribution in [0.4, 0.5) is 4.79 Å². The molecule has 1 aliphatic heterocycles. The highest BCUT2D eigenvalue weighted by Crippen LogP contribution is 2.36. The van der Waals surface area contributed by atoms with Crippen molar-refractivity contribution in [2.45, 2.75) is 13.2 Å². The van der Waals surface area contributed by atoms with Gasteiger partial charge in [0.25, 0.3) is 5.91 Å². The molecule has 0 bridgehead atoms. The van der Waals surface area contributed by atoms with Crippen molar-refractivity contribution in [1.82, 2.24) is 10.2 Å². The molecule has 5 nitrogen and oxygen atoms in total. The minimum atomic E-state index is -0.472. The van der Waals surface area contributed by atoms with Crippen molar-refractivity contribution in [3.05, 3.63) is 103 Å². The van der Waals surface area contributed by atoms with Crippen molar-refractivity contribution in [1.29, 1.82) is 0 Å². The van der Waals surface area contributed by atoms with E-state index < -0.39 is 11.9 Å². The van der Waals surface area contributed by atoms with Gasteiger partial charge in [-0.05, 0) is 57.4 Å². The van der Waals surface area contributed by atoms with Gasteiger partial charge in [0.2, 0.25) is 0 Å². The van der Waals surface area contributed by atoms with Crippen molar-refractivity contribution in [2.24, 2.45) is 0 Å². The molecule has 168 valence electrons. The number of benzene rings is 3. The zero-order chi connectivity index (χ0) is 23.5. The monoisotopic (exact) mass is 564 g/mol. The smallest absolute Gasteiger partial charge is 0.329 e. The maximum atomic E-state index is 12.8. The molecule has 0 spiro atoms. The Kier molecular flexibility index (Phi) is 7.29. The molecule has 1 heterocycles. The van der Waals surface area contributed by atoms with Crippen LogP contribution in [0.3, 0.4) is 0 Å². The first-order chi connectivity index (χ1) is 15.8. The van der Waals surface area contributed by atoms with E-state index in [1.165, 1.54) is 0 Å². The Morgan fingerprint density at radius 1 is 0.970 bits per heavy atom. The molecule has 3 amide bonds. The molecular weight excluding hydrogens is 551 g/mol. The summed E-state index contributed by atoms with van der Waals surface area (Å²) in [5, 5.41) is 3.98. The van der Waals surface area contributed by atoms with E-state index in [1.54, 1.807) is 36.4 Å². The second-order valence-electron chi connectivity index (χ2n) is 7.20. The summed E-state index contributed by atoms with van der Waals surface area (Å²) in [6.07, 6.45) is 1.57. The van der Waals surface area contributed by atoms with Crippen molar-refractivity contribution < 1.29 is 14.3 Å². The van der Waals surface area contributed by atoms with Gasteiger partial charge in [0.05, 0.1) is 16.0 Å². The molecule has 0 aliphatic carbocycles. The van der Waals surface area contributed by atoms with Gasteiger partial charge >= 0.3 is 6.03 Å². The zero-order valence-electron chi connectivity index (χ0n) is 16.9. The summed E-state index contributed by atoms with van der Waals surface area (Å²) in [6, 6.07) is 17.4. The van der Waals surface area contributed by atoms with Gasteiger partial charge in [-0.3, -0.25) is 9.69 Å². The van der Waals surface area contributed by atoms with Crippen LogP contribution in [0.5, 0.6) is 5.75 Å². The van der Waals surface area contributed by atoms with E-state index in [9.17, 15) is 9.59 Å². The standard InChI is InChI=1S/C24H16BrCl3N2O3/c25-18-8-15(9-20(28)22(18)33-13-16-6-7-17(26)11-19(16)27)10-21-23(31)30(24(32)29-21)12-14-4-2-1-3-5-14/h1-11H,12-13H2,(H,29,32)/b21-10+. The quantitative estimate of drug-likeness (QED) is 0.256. The Labute approximate surface area is 214 Å². The Morgan fingerprint density at radius 3 is 2.42 bits per heavy atom. The predicted molar refractivity (Wildman–Crippen MR) is 133 cm³/mol. The summed E-state index contributed by atoms with van der Waals surface area (Å²) in [5.41, 5.74) is 2.40. The van der Waals surface area contributed by atoms with E-state index in [4.69, 9.17) is 39.5 Å². The van der Waals surface area contributed by atoms with Crippen molar-refractivity contribution >= 4 is 68.7 Å². The minimum Gasteiger partial charge on any atom is -0.486 e. The lowest BCUT2D eigenvalue weighted by atomic mass is 10.1. The average molecular weight is 567 g/mol. The number of hydrogen-bond acceptors (Lipinski definition) is 3. The first-order valence-corrected chi connectivity index (χ1v) is 11.7. The molecule has 1 N–H and O–H groups in total. The van der Waals surface area contributed by atoms with Gasteiger partial charge in [-0.2, -0.15) is 0 Å². The van der Waals surface area contributed by atoms with E-state index in [1.807, 2.05) is 30.3 Å². The van der Waals surface area contributed by atoms with Gasteiger partial charge in [-0.15, -0.1) is 0 Å². The molecule has 1 fully saturated rings. The second kappa shape index (κ2) is 10.2. The van der Waals surface area contributed by atoms with Crippen LogP contribution in [-0.4, -0.2) is 16.8 Å². The summed E-state index contributed by atoms with van der Waals surface area (Å²) in [7, 11) is 0. The zero-order valence-corrected chi connectivity index (χ0v) is 20.8. The number of urea groups is 1. The van der Waals surface area contributed by atoms with Gasteiger partial charge < -0.3 is 10.1 Å². The summed E-state index contributed by atoms with van der Waals surface area (Å²) in [5.74, 6) is 0.0196. The Morgan fingerprint density at radius 2 is 1.73 bits per heavy atom. The molecular formula is C24H16BrCl3N2O3. The van der Waals surface area contributed by atoms with Gasteiger partial charge in [0.15, 0.2) is 5.75 Å². The van der Waals surface area contributed by atoms with Gasteiger partial charge in [-0.1, -0.05) is 71.2 Å². The van der Waals surface area contributed by atoms with Crippen molar-refractivity contribution in [2.75, 3.05) is 0 Å². The van der Waals surface area contributed by atoms with E-state index in [0.717, 1.165) is 16.0 Å². The highest BCUT2D eigenvalue weighted by Gasteiger charge is 2.33.